The number of benzene rings is 1. The molecule has 0 spiro atoms. The van der Waals surface area contributed by atoms with Crippen molar-refractivity contribution < 1.29 is 9.53 Å². The van der Waals surface area contributed by atoms with Crippen LogP contribution >= 0.6 is 15.9 Å². The third kappa shape index (κ3) is 3.42. The van der Waals surface area contributed by atoms with Gasteiger partial charge in [-0.15, -0.1) is 0 Å². The number of hydrogen-bond donors (Lipinski definition) is 0. The number of ether oxygens (including phenoxy) is 1. The van der Waals surface area contributed by atoms with E-state index in [2.05, 4.69) is 15.9 Å². The minimum atomic E-state index is 0.191. The standard InChI is InChI=1S/C13H17BrO2/c1-9-7-11(8-10(2)13(9)14)12(15)5-4-6-16-3/h7-8H,4-6H2,1-3H3. The predicted molar refractivity (Wildman–Crippen MR) is 69.1 cm³/mol. The second kappa shape index (κ2) is 6.16. The summed E-state index contributed by atoms with van der Waals surface area (Å²) in [5, 5.41) is 0. The Labute approximate surface area is 105 Å². The summed E-state index contributed by atoms with van der Waals surface area (Å²) in [5.41, 5.74) is 3.01. The average molecular weight is 285 g/mol. The van der Waals surface area contributed by atoms with E-state index in [1.54, 1.807) is 7.11 Å². The van der Waals surface area contributed by atoms with Crippen LogP contribution in [-0.4, -0.2) is 19.5 Å². The lowest BCUT2D eigenvalue weighted by atomic mass is 10.0. The number of carbonyl (C=O) groups excluding carboxylic acids is 1. The maximum atomic E-state index is 11.9. The van der Waals surface area contributed by atoms with Gasteiger partial charge in [-0.3, -0.25) is 4.79 Å². The molecule has 0 atom stereocenters. The molecular weight excluding hydrogens is 268 g/mol. The summed E-state index contributed by atoms with van der Waals surface area (Å²) in [6, 6.07) is 3.87. The third-order valence-corrected chi connectivity index (χ3v) is 3.76. The van der Waals surface area contributed by atoms with E-state index < -0.39 is 0 Å². The van der Waals surface area contributed by atoms with E-state index in [1.807, 2.05) is 26.0 Å². The molecule has 0 bridgehead atoms. The van der Waals surface area contributed by atoms with E-state index in [-0.39, 0.29) is 5.78 Å². The van der Waals surface area contributed by atoms with E-state index >= 15 is 0 Å². The Morgan fingerprint density at radius 2 is 1.88 bits per heavy atom. The number of aryl methyl sites for hydroxylation is 2. The van der Waals surface area contributed by atoms with Crippen LogP contribution in [0, 0.1) is 13.8 Å². The molecule has 0 heterocycles. The van der Waals surface area contributed by atoms with Crippen molar-refractivity contribution in [2.45, 2.75) is 26.7 Å². The summed E-state index contributed by atoms with van der Waals surface area (Å²) in [7, 11) is 1.65. The molecule has 0 aliphatic heterocycles. The molecule has 0 aliphatic carbocycles. The SMILES string of the molecule is COCCCC(=O)c1cc(C)c(Br)c(C)c1. The van der Waals surface area contributed by atoms with Gasteiger partial charge in [0.15, 0.2) is 5.78 Å². The van der Waals surface area contributed by atoms with Crippen molar-refractivity contribution in [3.63, 3.8) is 0 Å². The molecule has 0 fully saturated rings. The predicted octanol–water partition coefficient (Wildman–Crippen LogP) is 3.68. The van der Waals surface area contributed by atoms with Gasteiger partial charge < -0.3 is 4.74 Å². The van der Waals surface area contributed by atoms with Crippen LogP contribution in [0.2, 0.25) is 0 Å². The van der Waals surface area contributed by atoms with Gasteiger partial charge in [0.2, 0.25) is 0 Å². The Morgan fingerprint density at radius 1 is 1.31 bits per heavy atom. The van der Waals surface area contributed by atoms with E-state index in [0.717, 1.165) is 27.6 Å². The molecule has 0 amide bonds. The van der Waals surface area contributed by atoms with Crippen LogP contribution in [0.1, 0.15) is 34.3 Å². The topological polar surface area (TPSA) is 26.3 Å². The summed E-state index contributed by atoms with van der Waals surface area (Å²) < 4.78 is 6.02. The molecule has 1 aromatic carbocycles. The van der Waals surface area contributed by atoms with Crippen LogP contribution < -0.4 is 0 Å². The monoisotopic (exact) mass is 284 g/mol. The first-order valence-corrected chi connectivity index (χ1v) is 6.14. The number of Topliss-reactive ketones (excluding diaryl/α,β-unsaturated/α-hetero) is 1. The van der Waals surface area contributed by atoms with E-state index in [4.69, 9.17) is 4.74 Å². The Bertz CT molecular complexity index is 363. The van der Waals surface area contributed by atoms with Crippen LogP contribution in [0.4, 0.5) is 0 Å². The van der Waals surface area contributed by atoms with Gasteiger partial charge in [-0.2, -0.15) is 0 Å². The molecule has 16 heavy (non-hydrogen) atoms. The van der Waals surface area contributed by atoms with Gasteiger partial charge >= 0.3 is 0 Å². The molecule has 1 aromatic rings. The Kier molecular flexibility index (Phi) is 5.16. The Hall–Kier alpha value is -0.670. The van der Waals surface area contributed by atoms with Crippen LogP contribution in [-0.2, 0) is 4.74 Å². The minimum Gasteiger partial charge on any atom is -0.385 e. The van der Waals surface area contributed by atoms with Gasteiger partial charge in [0.25, 0.3) is 0 Å². The molecule has 0 aliphatic rings. The number of carbonyl (C=O) groups is 1. The molecule has 0 radical (unpaired) electrons. The van der Waals surface area contributed by atoms with E-state index in [0.29, 0.717) is 13.0 Å². The van der Waals surface area contributed by atoms with Crippen molar-refractivity contribution in [3.8, 4) is 0 Å². The summed E-state index contributed by atoms with van der Waals surface area (Å²) in [5.74, 6) is 0.191. The quantitative estimate of drug-likeness (QED) is 0.609. The Balaban J connectivity index is 2.76. The fourth-order valence-corrected chi connectivity index (χ4v) is 1.86. The maximum Gasteiger partial charge on any atom is 0.162 e. The average Bonchev–Trinajstić information content (AvgIpc) is 2.25. The first kappa shape index (κ1) is 13.4. The van der Waals surface area contributed by atoms with Gasteiger partial charge in [0.05, 0.1) is 0 Å². The molecular formula is C13H17BrO2. The van der Waals surface area contributed by atoms with Crippen molar-refractivity contribution in [1.29, 1.82) is 0 Å². The normalized spacial score (nSPS) is 10.5. The van der Waals surface area contributed by atoms with E-state index in [1.165, 1.54) is 0 Å². The summed E-state index contributed by atoms with van der Waals surface area (Å²) >= 11 is 3.49. The number of hydrogen-bond acceptors (Lipinski definition) is 2. The van der Waals surface area contributed by atoms with Crippen LogP contribution in [0.3, 0.4) is 0 Å². The van der Waals surface area contributed by atoms with Crippen molar-refractivity contribution in [2.75, 3.05) is 13.7 Å². The highest BCUT2D eigenvalue weighted by Crippen LogP contribution is 2.23. The molecule has 0 saturated carbocycles. The van der Waals surface area contributed by atoms with Gasteiger partial charge in [-0.05, 0) is 43.5 Å². The molecule has 0 aromatic heterocycles. The summed E-state index contributed by atoms with van der Waals surface area (Å²) in [4.78, 5) is 11.9. The zero-order valence-corrected chi connectivity index (χ0v) is 11.6. The number of halogens is 1. The molecule has 3 heteroatoms. The van der Waals surface area contributed by atoms with E-state index in [9.17, 15) is 4.79 Å². The fourth-order valence-electron chi connectivity index (χ4n) is 1.63. The van der Waals surface area contributed by atoms with Crippen molar-refractivity contribution in [3.05, 3.63) is 33.3 Å². The van der Waals surface area contributed by atoms with Crippen LogP contribution in [0.5, 0.6) is 0 Å². The second-order valence-electron chi connectivity index (χ2n) is 3.94. The largest absolute Gasteiger partial charge is 0.385 e. The molecule has 0 unspecified atom stereocenters. The van der Waals surface area contributed by atoms with Crippen molar-refractivity contribution >= 4 is 21.7 Å². The summed E-state index contributed by atoms with van der Waals surface area (Å²) in [6.07, 6.45) is 1.33. The van der Waals surface area contributed by atoms with Gasteiger partial charge in [-0.1, -0.05) is 15.9 Å². The zero-order chi connectivity index (χ0) is 12.1. The Morgan fingerprint density at radius 3 is 2.38 bits per heavy atom. The van der Waals surface area contributed by atoms with Crippen molar-refractivity contribution in [2.24, 2.45) is 0 Å². The lowest BCUT2D eigenvalue weighted by molar-refractivity contribution is 0.0963. The lowest BCUT2D eigenvalue weighted by Crippen LogP contribution is -2.02. The highest BCUT2D eigenvalue weighted by molar-refractivity contribution is 9.10. The molecule has 2 nitrogen and oxygen atoms in total. The highest BCUT2D eigenvalue weighted by Gasteiger charge is 2.09. The molecule has 0 N–H and O–H groups in total. The maximum absolute atomic E-state index is 11.9. The van der Waals surface area contributed by atoms with Gasteiger partial charge in [-0.25, -0.2) is 0 Å². The highest BCUT2D eigenvalue weighted by atomic mass is 79.9. The molecule has 1 rings (SSSR count). The fraction of sp³-hybridized carbons (Fsp3) is 0.462. The number of methoxy groups -OCH3 is 1. The van der Waals surface area contributed by atoms with Gasteiger partial charge in [0, 0.05) is 30.2 Å². The van der Waals surface area contributed by atoms with Crippen LogP contribution in [0.15, 0.2) is 16.6 Å². The first-order chi connectivity index (χ1) is 7.56. The van der Waals surface area contributed by atoms with Gasteiger partial charge in [0.1, 0.15) is 0 Å². The third-order valence-electron chi connectivity index (χ3n) is 2.51. The van der Waals surface area contributed by atoms with Crippen molar-refractivity contribution in [1.82, 2.24) is 0 Å². The summed E-state index contributed by atoms with van der Waals surface area (Å²) in [6.45, 7) is 4.65. The van der Waals surface area contributed by atoms with Crippen LogP contribution in [0.25, 0.3) is 0 Å². The first-order valence-electron chi connectivity index (χ1n) is 5.35. The molecule has 88 valence electrons. The smallest absolute Gasteiger partial charge is 0.162 e. The number of ketones is 1. The minimum absolute atomic E-state index is 0.191. The second-order valence-corrected chi connectivity index (χ2v) is 4.74. The lowest BCUT2D eigenvalue weighted by Gasteiger charge is -2.07. The molecule has 0 saturated heterocycles. The zero-order valence-electron chi connectivity index (χ0n) is 9.97. The number of rotatable bonds is 5.